The molecule has 2 aliphatic heterocycles. The number of thiazole rings is 1. The van der Waals surface area contributed by atoms with Crippen LogP contribution < -0.4 is 20.1 Å². The molecule has 0 saturated carbocycles. The third kappa shape index (κ3) is 16.3. The van der Waals surface area contributed by atoms with Crippen molar-refractivity contribution in [3.05, 3.63) is 99.0 Å². The third-order valence-electron chi connectivity index (χ3n) is 11.8. The predicted octanol–water partition coefficient (Wildman–Crippen LogP) is 7.11. The zero-order valence-corrected chi connectivity index (χ0v) is 43.7. The summed E-state index contributed by atoms with van der Waals surface area (Å²) in [5, 5.41) is 24.8. The lowest BCUT2D eigenvalue weighted by Gasteiger charge is -2.35. The molecule has 75 heavy (non-hydrogen) atoms. The number of nitrogens with zero attached hydrogens (tertiary/aromatic N) is 4. The van der Waals surface area contributed by atoms with E-state index in [1.54, 1.807) is 22.9 Å². The number of nitriles is 1. The predicted molar refractivity (Wildman–Crippen MR) is 271 cm³/mol. The number of nitrogens with one attached hydrogen (secondary N) is 2. The number of methoxy groups -OCH3 is 1. The van der Waals surface area contributed by atoms with Gasteiger partial charge >= 0.3 is 6.18 Å². The van der Waals surface area contributed by atoms with Gasteiger partial charge in [-0.05, 0) is 77.2 Å². The number of halogens is 3. The molecule has 1 aromatic heterocycles. The zero-order valence-electron chi connectivity index (χ0n) is 42.0. The van der Waals surface area contributed by atoms with Gasteiger partial charge in [0.25, 0.3) is 11.1 Å². The summed E-state index contributed by atoms with van der Waals surface area (Å²) < 4.78 is 74.1. The maximum absolute atomic E-state index is 13.9. The number of rotatable bonds is 25. The number of aliphatic hydroxyl groups excluding tert-OH is 1. The van der Waals surface area contributed by atoms with E-state index in [1.807, 2.05) is 52.0 Å². The first kappa shape index (κ1) is 57.9. The Morgan fingerprint density at radius 1 is 0.907 bits per heavy atom. The molecular formula is C52H59F3N6O12S2. The van der Waals surface area contributed by atoms with Crippen molar-refractivity contribution in [2.24, 2.45) is 5.41 Å². The van der Waals surface area contributed by atoms with Gasteiger partial charge in [0.05, 0.1) is 111 Å². The Kier molecular flexibility index (Phi) is 20.8. The number of aryl methyl sites for hydroxylation is 1. The van der Waals surface area contributed by atoms with Crippen LogP contribution in [0.2, 0.25) is 0 Å². The summed E-state index contributed by atoms with van der Waals surface area (Å²) in [6.45, 7) is 9.03. The summed E-state index contributed by atoms with van der Waals surface area (Å²) in [6, 6.07) is 14.8. The normalized spacial score (nSPS) is 16.8. The van der Waals surface area contributed by atoms with Crippen molar-refractivity contribution in [2.75, 3.05) is 73.1 Å². The molecule has 1 unspecified atom stereocenters. The van der Waals surface area contributed by atoms with Gasteiger partial charge in [0, 0.05) is 25.9 Å². The first-order valence-electron chi connectivity index (χ1n) is 23.9. The van der Waals surface area contributed by atoms with Gasteiger partial charge in [0.15, 0.2) is 11.5 Å². The summed E-state index contributed by atoms with van der Waals surface area (Å²) in [4.78, 5) is 74.0. The molecule has 23 heteroatoms. The average molecular weight is 1080 g/mol. The molecule has 3 aromatic carbocycles. The number of alkyl halides is 3. The lowest BCUT2D eigenvalue weighted by atomic mass is 9.85. The average Bonchev–Trinajstić information content (AvgIpc) is 4.07. The highest BCUT2D eigenvalue weighted by atomic mass is 32.2. The van der Waals surface area contributed by atoms with Crippen LogP contribution in [0.5, 0.6) is 17.2 Å². The van der Waals surface area contributed by atoms with Crippen LogP contribution in [-0.2, 0) is 50.8 Å². The Labute approximate surface area is 440 Å². The highest BCUT2D eigenvalue weighted by Crippen LogP contribution is 2.42. The van der Waals surface area contributed by atoms with E-state index in [0.29, 0.717) is 11.6 Å². The molecule has 2 aliphatic rings. The van der Waals surface area contributed by atoms with Crippen molar-refractivity contribution < 1.29 is 70.7 Å². The zero-order chi connectivity index (χ0) is 54.3. The Morgan fingerprint density at radius 2 is 1.56 bits per heavy atom. The maximum Gasteiger partial charge on any atom is 0.420 e. The van der Waals surface area contributed by atoms with E-state index in [4.69, 9.17) is 33.7 Å². The molecule has 5 amide bonds. The number of imide groups is 1. The molecule has 402 valence electrons. The van der Waals surface area contributed by atoms with Crippen LogP contribution in [0.3, 0.4) is 0 Å². The van der Waals surface area contributed by atoms with Crippen molar-refractivity contribution >= 4 is 58.0 Å². The molecular weight excluding hydrogens is 1020 g/mol. The second kappa shape index (κ2) is 26.9. The molecule has 0 aliphatic carbocycles. The highest BCUT2D eigenvalue weighted by Gasteiger charge is 2.44. The van der Waals surface area contributed by atoms with Crippen LogP contribution in [0.25, 0.3) is 16.5 Å². The van der Waals surface area contributed by atoms with Crippen LogP contribution in [0, 0.1) is 23.7 Å². The number of β-amino-alcohol motifs (C(OH)–C–C–N with tert-alkyl or cyclic N) is 1. The first-order chi connectivity index (χ1) is 35.8. The van der Waals surface area contributed by atoms with Gasteiger partial charge in [0.1, 0.15) is 17.8 Å². The number of hydrogen-bond acceptors (Lipinski definition) is 16. The van der Waals surface area contributed by atoms with Gasteiger partial charge in [-0.3, -0.25) is 28.9 Å². The minimum absolute atomic E-state index is 0.0127. The number of thioether (sulfide) groups is 1. The second-order valence-corrected chi connectivity index (χ2v) is 20.2. The first-order valence-corrected chi connectivity index (χ1v) is 25.6. The topological polar surface area (TPSA) is 228 Å². The lowest BCUT2D eigenvalue weighted by molar-refractivity contribution is -0.144. The molecule has 0 radical (unpaired) electrons. The van der Waals surface area contributed by atoms with Crippen molar-refractivity contribution in [3.8, 4) is 33.8 Å². The standard InChI is InChI=1S/C52H59F3N6O12S2/c1-32-45(74-31-58-32)36-10-6-33(7-11-36)29-57-47(64)39-27-37(62)30-61(39)49(66)46(51(2,3)4)59-44(63)14-16-69-18-20-71-22-23-72-21-19-70-17-15-60-48(65)43(75-50(60)67)26-34-8-13-41(42(25-34)68-5)73-40-12-9-35(28-56)24-38(40)52(53,54)55/h6-13,24-26,31,37,39,46,62H,14-23,27,29-30H2,1-5H3,(H,57,64)(H,59,63)/b43-26-/t37-,39+,46?/m1/s1. The van der Waals surface area contributed by atoms with E-state index in [0.717, 1.165) is 44.4 Å². The van der Waals surface area contributed by atoms with E-state index in [1.165, 1.54) is 42.4 Å². The number of benzene rings is 3. The van der Waals surface area contributed by atoms with Crippen molar-refractivity contribution in [2.45, 2.75) is 71.4 Å². The maximum atomic E-state index is 13.9. The smallest absolute Gasteiger partial charge is 0.420 e. The molecule has 6 rings (SSSR count). The molecule has 3 atom stereocenters. The monoisotopic (exact) mass is 1080 g/mol. The number of carbonyl (C=O) groups is 5. The third-order valence-corrected chi connectivity index (χ3v) is 13.6. The van der Waals surface area contributed by atoms with Gasteiger partial charge in [-0.2, -0.15) is 18.4 Å². The van der Waals surface area contributed by atoms with E-state index >= 15 is 0 Å². The number of likely N-dealkylation sites (tertiary alicyclic amines) is 1. The summed E-state index contributed by atoms with van der Waals surface area (Å²) in [5.74, 6) is -2.33. The molecule has 0 bridgehead atoms. The minimum Gasteiger partial charge on any atom is -0.493 e. The fourth-order valence-electron chi connectivity index (χ4n) is 7.83. The fourth-order valence-corrected chi connectivity index (χ4v) is 9.50. The van der Waals surface area contributed by atoms with Crippen LogP contribution in [0.1, 0.15) is 61.6 Å². The lowest BCUT2D eigenvalue weighted by Crippen LogP contribution is -2.57. The van der Waals surface area contributed by atoms with Crippen LogP contribution in [0.4, 0.5) is 18.0 Å². The largest absolute Gasteiger partial charge is 0.493 e. The Hall–Kier alpha value is -6.39. The number of aliphatic hydroxyl groups is 1. The molecule has 0 spiro atoms. The number of amides is 5. The molecule has 3 N–H and O–H groups in total. The van der Waals surface area contributed by atoms with Crippen molar-refractivity contribution in [3.63, 3.8) is 0 Å². The van der Waals surface area contributed by atoms with Crippen molar-refractivity contribution in [1.29, 1.82) is 5.26 Å². The number of ether oxygens (including phenoxy) is 6. The van der Waals surface area contributed by atoms with Crippen LogP contribution >= 0.6 is 23.1 Å². The summed E-state index contributed by atoms with van der Waals surface area (Å²) in [5.41, 5.74) is 3.03. The molecule has 2 saturated heterocycles. The molecule has 4 aromatic rings. The van der Waals surface area contributed by atoms with Crippen molar-refractivity contribution in [1.82, 2.24) is 25.4 Å². The number of aromatic nitrogens is 1. The van der Waals surface area contributed by atoms with E-state index < -0.39 is 70.0 Å². The summed E-state index contributed by atoms with van der Waals surface area (Å²) in [7, 11) is 1.29. The number of hydrogen-bond donors (Lipinski definition) is 3. The van der Waals surface area contributed by atoms with Gasteiger partial charge < -0.3 is 49.1 Å². The fraction of sp³-hybridized carbons (Fsp3) is 0.442. The SMILES string of the molecule is COc1cc(/C=C2\SC(=O)N(CCOCCOCCOCCOCCC(=O)NC(C(=O)N3C[C@H](O)C[C@H]3C(=O)NCc3ccc(-c4scnc4C)cc3)C(C)(C)C)C2=O)ccc1Oc1ccc(C#N)cc1C(F)(F)F. The Bertz CT molecular complexity index is 2730. The quantitative estimate of drug-likeness (QED) is 0.0444. The molecule has 2 fully saturated rings. The minimum atomic E-state index is -4.79. The van der Waals surface area contributed by atoms with Gasteiger partial charge in [0.2, 0.25) is 17.7 Å². The molecule has 18 nitrogen and oxygen atoms in total. The summed E-state index contributed by atoms with van der Waals surface area (Å²) in [6.07, 6.45) is -4.19. The molecule has 3 heterocycles. The summed E-state index contributed by atoms with van der Waals surface area (Å²) >= 11 is 2.28. The Balaban J connectivity index is 0.821. The number of carbonyl (C=O) groups excluding carboxylic acids is 5. The second-order valence-electron chi connectivity index (χ2n) is 18.3. The Morgan fingerprint density at radius 3 is 2.17 bits per heavy atom. The highest BCUT2D eigenvalue weighted by molar-refractivity contribution is 8.18. The van der Waals surface area contributed by atoms with Crippen LogP contribution in [-0.4, -0.2) is 140 Å². The van der Waals surface area contributed by atoms with Crippen LogP contribution in [0.15, 0.2) is 71.1 Å². The van der Waals surface area contributed by atoms with E-state index in [9.17, 15) is 42.3 Å². The van der Waals surface area contributed by atoms with Gasteiger partial charge in [-0.15, -0.1) is 11.3 Å². The van der Waals surface area contributed by atoms with Gasteiger partial charge in [-0.25, -0.2) is 4.98 Å². The van der Waals surface area contributed by atoms with Gasteiger partial charge in [-0.1, -0.05) is 51.1 Å². The van der Waals surface area contributed by atoms with E-state index in [-0.39, 0.29) is 107 Å². The van der Waals surface area contributed by atoms with E-state index in [2.05, 4.69) is 15.6 Å².